The average molecular weight is 443 g/mol. The smallest absolute Gasteiger partial charge is 0.326 e. The highest BCUT2D eigenvalue weighted by molar-refractivity contribution is 5.85. The molecule has 1 atom stereocenters. The minimum atomic E-state index is -1.10. The molecule has 0 radical (unpaired) electrons. The topological polar surface area (TPSA) is 95.9 Å². The zero-order valence-corrected chi connectivity index (χ0v) is 19.2. The molecule has 0 saturated carbocycles. The van der Waals surface area contributed by atoms with E-state index in [2.05, 4.69) is 5.32 Å². The van der Waals surface area contributed by atoms with E-state index in [0.29, 0.717) is 13.2 Å². The van der Waals surface area contributed by atoms with Crippen molar-refractivity contribution < 1.29 is 24.2 Å². The Morgan fingerprint density at radius 1 is 1.09 bits per heavy atom. The zero-order chi connectivity index (χ0) is 23.5. The highest BCUT2D eigenvalue weighted by atomic mass is 16.5. The third-order valence-corrected chi connectivity index (χ3v) is 5.07. The summed E-state index contributed by atoms with van der Waals surface area (Å²) in [6.07, 6.45) is 1.98. The Hall–Kier alpha value is -3.09. The van der Waals surface area contributed by atoms with Crippen molar-refractivity contribution in [1.82, 2.24) is 10.2 Å². The first-order valence-corrected chi connectivity index (χ1v) is 11.2. The summed E-state index contributed by atoms with van der Waals surface area (Å²) < 4.78 is 5.16. The van der Waals surface area contributed by atoms with Crippen molar-refractivity contribution in [3.05, 3.63) is 48.0 Å². The molecule has 0 aliphatic rings. The van der Waals surface area contributed by atoms with E-state index in [1.807, 2.05) is 63.2 Å². The van der Waals surface area contributed by atoms with Crippen LogP contribution in [-0.4, -0.2) is 53.7 Å². The summed E-state index contributed by atoms with van der Waals surface area (Å²) in [7, 11) is 0. The second kappa shape index (κ2) is 12.7. The molecule has 2 amide bonds. The molecule has 2 N–H and O–H groups in total. The van der Waals surface area contributed by atoms with Gasteiger partial charge in [0.1, 0.15) is 6.04 Å². The van der Waals surface area contributed by atoms with Gasteiger partial charge in [0, 0.05) is 19.5 Å². The van der Waals surface area contributed by atoms with Crippen LogP contribution in [0.3, 0.4) is 0 Å². The number of nitrogens with zero attached hydrogens (tertiary/aromatic N) is 1. The van der Waals surface area contributed by atoms with Gasteiger partial charge in [0.2, 0.25) is 0 Å². The lowest BCUT2D eigenvalue weighted by Crippen LogP contribution is -2.50. The monoisotopic (exact) mass is 442 g/mol. The van der Waals surface area contributed by atoms with Crippen molar-refractivity contribution in [3.63, 3.8) is 0 Å². The number of hydrogen-bond acceptors (Lipinski definition) is 4. The van der Waals surface area contributed by atoms with Crippen LogP contribution in [0.4, 0.5) is 4.79 Å². The molecular formula is C25H34N2O5. The van der Waals surface area contributed by atoms with Crippen molar-refractivity contribution in [2.45, 2.75) is 52.5 Å². The summed E-state index contributed by atoms with van der Waals surface area (Å²) in [5.74, 6) is -1.29. The van der Waals surface area contributed by atoms with E-state index in [1.165, 1.54) is 4.90 Å². The van der Waals surface area contributed by atoms with E-state index in [4.69, 9.17) is 4.74 Å². The van der Waals surface area contributed by atoms with Gasteiger partial charge in [0.25, 0.3) is 0 Å². The summed E-state index contributed by atoms with van der Waals surface area (Å²) in [4.78, 5) is 38.1. The van der Waals surface area contributed by atoms with Crippen LogP contribution in [0.1, 0.15) is 45.6 Å². The number of esters is 1. The van der Waals surface area contributed by atoms with Gasteiger partial charge in [-0.1, -0.05) is 69.7 Å². The van der Waals surface area contributed by atoms with Crippen LogP contribution in [-0.2, 0) is 20.7 Å². The van der Waals surface area contributed by atoms with E-state index in [0.717, 1.165) is 29.2 Å². The van der Waals surface area contributed by atoms with Crippen LogP contribution >= 0.6 is 0 Å². The number of carboxylic acid groups (broad SMARTS) is 1. The fourth-order valence-corrected chi connectivity index (χ4v) is 3.39. The number of carbonyl (C=O) groups is 3. The lowest BCUT2D eigenvalue weighted by Gasteiger charge is -2.26. The predicted octanol–water partition coefficient (Wildman–Crippen LogP) is 4.24. The molecule has 2 rings (SSSR count). The third-order valence-electron chi connectivity index (χ3n) is 5.07. The maximum Gasteiger partial charge on any atom is 0.326 e. The molecule has 0 saturated heterocycles. The molecule has 2 aromatic rings. The van der Waals surface area contributed by atoms with E-state index in [-0.39, 0.29) is 31.3 Å². The molecule has 0 fully saturated rings. The number of nitrogens with one attached hydrogen (secondary N) is 1. The number of benzene rings is 2. The van der Waals surface area contributed by atoms with Gasteiger partial charge in [-0.15, -0.1) is 0 Å². The van der Waals surface area contributed by atoms with Crippen LogP contribution in [0.5, 0.6) is 0 Å². The summed E-state index contributed by atoms with van der Waals surface area (Å²) in [6, 6.07) is 12.0. The quantitative estimate of drug-likeness (QED) is 0.379. The Kier molecular flexibility index (Phi) is 9.98. The number of aliphatic carboxylic acids is 1. The van der Waals surface area contributed by atoms with Crippen molar-refractivity contribution in [2.75, 3.05) is 19.7 Å². The number of carboxylic acids is 1. The maximum absolute atomic E-state index is 12.9. The standard InChI is InChI=1S/C25H34N2O5/c1-4-5-14-32-23(28)12-13-27(17-18(2)3)25(31)26-22(24(29)30)16-19-10-11-20-8-6-7-9-21(20)15-19/h6-11,15,18,22H,4-5,12-14,16-17H2,1-3H3,(H,26,31)(H,29,30)/t22-/m0/s1. The van der Waals surface area contributed by atoms with Crippen molar-refractivity contribution in [3.8, 4) is 0 Å². The van der Waals surface area contributed by atoms with E-state index in [1.54, 1.807) is 0 Å². The molecule has 0 bridgehead atoms. The van der Waals surface area contributed by atoms with Gasteiger partial charge in [-0.05, 0) is 28.7 Å². The molecule has 174 valence electrons. The van der Waals surface area contributed by atoms with Crippen molar-refractivity contribution in [1.29, 1.82) is 0 Å². The lowest BCUT2D eigenvalue weighted by atomic mass is 10.0. The highest BCUT2D eigenvalue weighted by Gasteiger charge is 2.24. The van der Waals surface area contributed by atoms with Gasteiger partial charge < -0.3 is 20.1 Å². The molecule has 32 heavy (non-hydrogen) atoms. The third kappa shape index (κ3) is 8.21. The number of hydrogen-bond donors (Lipinski definition) is 2. The molecule has 0 aromatic heterocycles. The van der Waals surface area contributed by atoms with Gasteiger partial charge in [0.05, 0.1) is 13.0 Å². The Morgan fingerprint density at radius 2 is 1.81 bits per heavy atom. The van der Waals surface area contributed by atoms with Gasteiger partial charge in [0.15, 0.2) is 0 Å². The highest BCUT2D eigenvalue weighted by Crippen LogP contribution is 2.17. The fourth-order valence-electron chi connectivity index (χ4n) is 3.39. The number of carbonyl (C=O) groups excluding carboxylic acids is 2. The maximum atomic E-state index is 12.9. The fraction of sp³-hybridized carbons (Fsp3) is 0.480. The lowest BCUT2D eigenvalue weighted by molar-refractivity contribution is -0.144. The van der Waals surface area contributed by atoms with Crippen molar-refractivity contribution in [2.24, 2.45) is 5.92 Å². The summed E-state index contributed by atoms with van der Waals surface area (Å²) in [6.45, 7) is 6.90. The number of amides is 2. The molecule has 0 spiro atoms. The molecule has 7 nitrogen and oxygen atoms in total. The molecule has 0 aliphatic carbocycles. The summed E-state index contributed by atoms with van der Waals surface area (Å²) in [5.41, 5.74) is 0.825. The summed E-state index contributed by atoms with van der Waals surface area (Å²) in [5, 5.41) is 14.4. The number of urea groups is 1. The number of ether oxygens (including phenoxy) is 1. The Labute approximate surface area is 189 Å². The molecule has 2 aromatic carbocycles. The first-order valence-electron chi connectivity index (χ1n) is 11.2. The second-order valence-electron chi connectivity index (χ2n) is 8.39. The molecule has 7 heteroatoms. The first-order chi connectivity index (χ1) is 15.3. The average Bonchev–Trinajstić information content (AvgIpc) is 2.75. The van der Waals surface area contributed by atoms with Gasteiger partial charge in [-0.3, -0.25) is 4.79 Å². The first kappa shape index (κ1) is 25.2. The zero-order valence-electron chi connectivity index (χ0n) is 19.2. The van der Waals surface area contributed by atoms with Gasteiger partial charge in [-0.25, -0.2) is 9.59 Å². The van der Waals surface area contributed by atoms with Gasteiger partial charge >= 0.3 is 18.0 Å². The van der Waals surface area contributed by atoms with Crippen LogP contribution in [0.25, 0.3) is 10.8 Å². The van der Waals surface area contributed by atoms with E-state index in [9.17, 15) is 19.5 Å². The van der Waals surface area contributed by atoms with Crippen molar-refractivity contribution >= 4 is 28.7 Å². The molecule has 0 unspecified atom stereocenters. The van der Waals surface area contributed by atoms with E-state index >= 15 is 0 Å². The van der Waals surface area contributed by atoms with Gasteiger partial charge in [-0.2, -0.15) is 0 Å². The Balaban J connectivity index is 2.02. The Bertz CT molecular complexity index is 912. The van der Waals surface area contributed by atoms with Crippen LogP contribution in [0.15, 0.2) is 42.5 Å². The molecule has 0 heterocycles. The SMILES string of the molecule is CCCCOC(=O)CCN(CC(C)C)C(=O)N[C@@H](Cc1ccc2ccccc2c1)C(=O)O. The Morgan fingerprint density at radius 3 is 2.47 bits per heavy atom. The van der Waals surface area contributed by atoms with Crippen LogP contribution < -0.4 is 5.32 Å². The van der Waals surface area contributed by atoms with E-state index < -0.39 is 18.0 Å². The minimum absolute atomic E-state index is 0.0757. The normalized spacial score (nSPS) is 11.9. The number of rotatable bonds is 12. The molecular weight excluding hydrogens is 408 g/mol. The largest absolute Gasteiger partial charge is 0.480 e. The predicted molar refractivity (Wildman–Crippen MR) is 125 cm³/mol. The van der Waals surface area contributed by atoms with Crippen LogP contribution in [0.2, 0.25) is 0 Å². The summed E-state index contributed by atoms with van der Waals surface area (Å²) >= 11 is 0. The number of unbranched alkanes of at least 4 members (excludes halogenated alkanes) is 1. The minimum Gasteiger partial charge on any atom is -0.480 e. The molecule has 0 aliphatic heterocycles. The van der Waals surface area contributed by atoms with Crippen LogP contribution in [0, 0.1) is 5.92 Å². The number of fused-ring (bicyclic) bond motifs is 1. The second-order valence-corrected chi connectivity index (χ2v) is 8.39.